The molecule has 4 aromatic carbocycles. The fourth-order valence-corrected chi connectivity index (χ4v) is 5.19. The second-order valence-corrected chi connectivity index (χ2v) is 10.0. The van der Waals surface area contributed by atoms with Gasteiger partial charge in [-0.2, -0.15) is 0 Å². The average molecular weight is 512 g/mol. The van der Waals surface area contributed by atoms with Gasteiger partial charge in [-0.05, 0) is 47.5 Å². The Balaban J connectivity index is 1.31. The SMILES string of the molecule is O=C(Nc1ccc([C@H]2O[C@@H](CSc3ccccc3)C[C@@H](c3ccc(CO)cc3)O2)cc1)c1ccccc1. The van der Waals surface area contributed by atoms with Gasteiger partial charge in [-0.15, -0.1) is 11.8 Å². The topological polar surface area (TPSA) is 67.8 Å². The van der Waals surface area contributed by atoms with Crippen molar-refractivity contribution in [1.29, 1.82) is 0 Å². The van der Waals surface area contributed by atoms with Crippen molar-refractivity contribution in [2.75, 3.05) is 11.1 Å². The molecule has 0 unspecified atom stereocenters. The second-order valence-electron chi connectivity index (χ2n) is 8.92. The summed E-state index contributed by atoms with van der Waals surface area (Å²) < 4.78 is 12.8. The quantitative estimate of drug-likeness (QED) is 0.256. The highest BCUT2D eigenvalue weighted by Gasteiger charge is 2.32. The summed E-state index contributed by atoms with van der Waals surface area (Å²) >= 11 is 1.77. The van der Waals surface area contributed by atoms with E-state index >= 15 is 0 Å². The lowest BCUT2D eigenvalue weighted by atomic mass is 10.0. The maximum Gasteiger partial charge on any atom is 0.255 e. The van der Waals surface area contributed by atoms with E-state index in [1.807, 2.05) is 84.9 Å². The second kappa shape index (κ2) is 12.2. The Morgan fingerprint density at radius 3 is 2.14 bits per heavy atom. The molecule has 5 rings (SSSR count). The molecule has 1 saturated heterocycles. The van der Waals surface area contributed by atoms with Gasteiger partial charge in [0.2, 0.25) is 0 Å². The minimum Gasteiger partial charge on any atom is -0.392 e. The van der Waals surface area contributed by atoms with Crippen LogP contribution in [-0.2, 0) is 16.1 Å². The summed E-state index contributed by atoms with van der Waals surface area (Å²) in [7, 11) is 0. The maximum absolute atomic E-state index is 12.5. The van der Waals surface area contributed by atoms with Crippen molar-refractivity contribution in [3.63, 3.8) is 0 Å². The third-order valence-electron chi connectivity index (χ3n) is 6.27. The van der Waals surface area contributed by atoms with Crippen LogP contribution in [0.1, 0.15) is 45.9 Å². The number of benzene rings is 4. The number of hydrogen-bond donors (Lipinski definition) is 2. The molecule has 0 radical (unpaired) electrons. The molecule has 2 N–H and O–H groups in total. The number of ether oxygens (including phenoxy) is 2. The zero-order chi connectivity index (χ0) is 25.5. The molecule has 3 atom stereocenters. The number of hydrogen-bond acceptors (Lipinski definition) is 5. The molecule has 0 spiro atoms. The van der Waals surface area contributed by atoms with Gasteiger partial charge < -0.3 is 19.9 Å². The van der Waals surface area contributed by atoms with Crippen LogP contribution in [0.2, 0.25) is 0 Å². The molecule has 0 aliphatic carbocycles. The summed E-state index contributed by atoms with van der Waals surface area (Å²) in [5.74, 6) is 0.656. The highest BCUT2D eigenvalue weighted by molar-refractivity contribution is 7.99. The maximum atomic E-state index is 12.5. The molecule has 0 aromatic heterocycles. The molecular weight excluding hydrogens is 482 g/mol. The molecule has 1 aliphatic heterocycles. The van der Waals surface area contributed by atoms with Crippen LogP contribution in [0.5, 0.6) is 0 Å². The number of aliphatic hydroxyl groups excluding tert-OH is 1. The highest BCUT2D eigenvalue weighted by atomic mass is 32.2. The zero-order valence-corrected chi connectivity index (χ0v) is 21.1. The Kier molecular flexibility index (Phi) is 8.33. The predicted octanol–water partition coefficient (Wildman–Crippen LogP) is 6.77. The van der Waals surface area contributed by atoms with Crippen LogP contribution in [0.15, 0.2) is 114 Å². The van der Waals surface area contributed by atoms with E-state index < -0.39 is 6.29 Å². The monoisotopic (exact) mass is 511 g/mol. The molecular formula is C31H29NO4S. The van der Waals surface area contributed by atoms with E-state index in [1.54, 1.807) is 23.9 Å². The third-order valence-corrected chi connectivity index (χ3v) is 7.41. The van der Waals surface area contributed by atoms with Gasteiger partial charge in [0.25, 0.3) is 5.91 Å². The minimum atomic E-state index is -0.531. The fourth-order valence-electron chi connectivity index (χ4n) is 4.25. The Morgan fingerprint density at radius 2 is 1.46 bits per heavy atom. The normalized spacial score (nSPS) is 19.3. The first-order valence-electron chi connectivity index (χ1n) is 12.3. The number of anilines is 1. The number of nitrogens with one attached hydrogen (secondary N) is 1. The lowest BCUT2D eigenvalue weighted by molar-refractivity contribution is -0.245. The van der Waals surface area contributed by atoms with Gasteiger partial charge in [0.05, 0.1) is 18.8 Å². The van der Waals surface area contributed by atoms with Gasteiger partial charge in [-0.3, -0.25) is 4.79 Å². The van der Waals surface area contributed by atoms with Crippen LogP contribution in [0.25, 0.3) is 0 Å². The largest absolute Gasteiger partial charge is 0.392 e. The molecule has 1 aliphatic rings. The molecule has 0 bridgehead atoms. The molecule has 6 heteroatoms. The predicted molar refractivity (Wildman–Crippen MR) is 146 cm³/mol. The summed E-state index contributed by atoms with van der Waals surface area (Å²) in [6.45, 7) is 0.0149. The molecule has 1 heterocycles. The van der Waals surface area contributed by atoms with Crippen molar-refractivity contribution >= 4 is 23.4 Å². The van der Waals surface area contributed by atoms with Crippen LogP contribution < -0.4 is 5.32 Å². The van der Waals surface area contributed by atoms with E-state index in [9.17, 15) is 9.90 Å². The zero-order valence-electron chi connectivity index (χ0n) is 20.3. The summed E-state index contributed by atoms with van der Waals surface area (Å²) in [5.41, 5.74) is 4.15. The first-order chi connectivity index (χ1) is 18.2. The average Bonchev–Trinajstić information content (AvgIpc) is 2.97. The van der Waals surface area contributed by atoms with Crippen molar-refractivity contribution in [3.8, 4) is 0 Å². The smallest absolute Gasteiger partial charge is 0.255 e. The summed E-state index contributed by atoms with van der Waals surface area (Å²) in [6.07, 6.45) is 0.0609. The number of thioether (sulfide) groups is 1. The minimum absolute atomic E-state index is 0.0102. The summed E-state index contributed by atoms with van der Waals surface area (Å²) in [4.78, 5) is 13.7. The molecule has 4 aromatic rings. The lowest BCUT2D eigenvalue weighted by Crippen LogP contribution is -2.31. The Hall–Kier alpha value is -3.42. The Morgan fingerprint density at radius 1 is 0.811 bits per heavy atom. The van der Waals surface area contributed by atoms with Crippen molar-refractivity contribution in [2.45, 2.75) is 36.4 Å². The van der Waals surface area contributed by atoms with E-state index in [2.05, 4.69) is 17.4 Å². The summed E-state index contributed by atoms with van der Waals surface area (Å²) in [6, 6.07) is 35.0. The van der Waals surface area contributed by atoms with E-state index in [0.717, 1.165) is 28.9 Å². The third kappa shape index (κ3) is 6.67. The van der Waals surface area contributed by atoms with Gasteiger partial charge in [0.1, 0.15) is 0 Å². The Bertz CT molecular complexity index is 1280. The van der Waals surface area contributed by atoms with Crippen molar-refractivity contribution < 1.29 is 19.4 Å². The fraction of sp³-hybridized carbons (Fsp3) is 0.194. The first kappa shape index (κ1) is 25.2. The highest BCUT2D eigenvalue weighted by Crippen LogP contribution is 2.39. The molecule has 1 amide bonds. The van der Waals surface area contributed by atoms with Gasteiger partial charge in [0.15, 0.2) is 6.29 Å². The number of carbonyl (C=O) groups excluding carboxylic acids is 1. The van der Waals surface area contributed by atoms with Gasteiger partial charge in [-0.1, -0.05) is 72.8 Å². The van der Waals surface area contributed by atoms with E-state index in [1.165, 1.54) is 4.90 Å². The van der Waals surface area contributed by atoms with Crippen LogP contribution in [0, 0.1) is 0 Å². The van der Waals surface area contributed by atoms with Gasteiger partial charge in [-0.25, -0.2) is 0 Å². The molecule has 0 saturated carbocycles. The van der Waals surface area contributed by atoms with Crippen molar-refractivity contribution in [2.24, 2.45) is 0 Å². The number of amides is 1. The van der Waals surface area contributed by atoms with E-state index in [4.69, 9.17) is 9.47 Å². The van der Waals surface area contributed by atoms with Crippen molar-refractivity contribution in [3.05, 3.63) is 131 Å². The van der Waals surface area contributed by atoms with Crippen LogP contribution in [0.4, 0.5) is 5.69 Å². The number of aliphatic hydroxyl groups is 1. The van der Waals surface area contributed by atoms with Crippen molar-refractivity contribution in [1.82, 2.24) is 0 Å². The first-order valence-corrected chi connectivity index (χ1v) is 13.3. The van der Waals surface area contributed by atoms with E-state index in [-0.39, 0.29) is 24.7 Å². The molecule has 1 fully saturated rings. The summed E-state index contributed by atoms with van der Waals surface area (Å²) in [5, 5.41) is 12.3. The standard InChI is InChI=1S/C31H29NO4S/c33-20-22-11-13-23(14-12-22)29-19-27(21-37-28-9-5-2-6-10-28)35-31(36-29)25-15-17-26(18-16-25)32-30(34)24-7-3-1-4-8-24/h1-18,27,29,31,33H,19-21H2,(H,32,34)/t27-,29+,31+/m1/s1. The molecule has 37 heavy (non-hydrogen) atoms. The number of rotatable bonds is 8. The van der Waals surface area contributed by atoms with Crippen LogP contribution in [-0.4, -0.2) is 22.9 Å². The van der Waals surface area contributed by atoms with Gasteiger partial charge >= 0.3 is 0 Å². The molecule has 188 valence electrons. The lowest BCUT2D eigenvalue weighted by Gasteiger charge is -2.36. The van der Waals surface area contributed by atoms with E-state index in [0.29, 0.717) is 11.3 Å². The van der Waals surface area contributed by atoms with Gasteiger partial charge in [0, 0.05) is 33.9 Å². The number of carbonyl (C=O) groups is 1. The van der Waals surface area contributed by atoms with Crippen LogP contribution >= 0.6 is 11.8 Å². The molecule has 5 nitrogen and oxygen atoms in total. The Labute approximate surface area is 221 Å². The van der Waals surface area contributed by atoms with Crippen LogP contribution in [0.3, 0.4) is 0 Å².